The van der Waals surface area contributed by atoms with Gasteiger partial charge in [0.1, 0.15) is 5.69 Å². The van der Waals surface area contributed by atoms with E-state index in [1.807, 2.05) is 0 Å². The van der Waals surface area contributed by atoms with Crippen molar-refractivity contribution < 1.29 is 14.5 Å². The molecule has 0 spiro atoms. The Labute approximate surface area is 91.4 Å². The molecule has 16 heavy (non-hydrogen) atoms. The van der Waals surface area contributed by atoms with Crippen molar-refractivity contribution in [1.82, 2.24) is 4.98 Å². The minimum absolute atomic E-state index is 0.0917. The molecule has 0 aliphatic carbocycles. The van der Waals surface area contributed by atoms with Crippen LogP contribution in [-0.2, 0) is 9.53 Å². The summed E-state index contributed by atoms with van der Waals surface area (Å²) in [5, 5.41) is 10.7. The maximum atomic E-state index is 11.3. The molecule has 0 radical (unpaired) electrons. The highest BCUT2D eigenvalue weighted by atomic mass is 16.6. The van der Waals surface area contributed by atoms with Crippen LogP contribution in [0.2, 0.25) is 0 Å². The second-order valence-corrected chi connectivity index (χ2v) is 2.89. The van der Waals surface area contributed by atoms with Gasteiger partial charge >= 0.3 is 5.97 Å². The second kappa shape index (κ2) is 5.17. The number of pyridine rings is 1. The Kier molecular flexibility index (Phi) is 3.90. The van der Waals surface area contributed by atoms with Gasteiger partial charge in [0.2, 0.25) is 0 Å². The highest BCUT2D eigenvalue weighted by Crippen LogP contribution is 2.21. The van der Waals surface area contributed by atoms with Crippen LogP contribution in [-0.4, -0.2) is 22.5 Å². The van der Waals surface area contributed by atoms with Gasteiger partial charge < -0.3 is 10.5 Å². The van der Waals surface area contributed by atoms with Gasteiger partial charge in [-0.2, -0.15) is 0 Å². The zero-order valence-electron chi connectivity index (χ0n) is 8.62. The van der Waals surface area contributed by atoms with E-state index in [1.165, 1.54) is 18.3 Å². The molecule has 7 nitrogen and oxygen atoms in total. The summed E-state index contributed by atoms with van der Waals surface area (Å²) < 4.78 is 4.67. The third kappa shape index (κ3) is 2.51. The maximum Gasteiger partial charge on any atom is 0.329 e. The van der Waals surface area contributed by atoms with Crippen molar-refractivity contribution in [2.75, 3.05) is 6.61 Å². The molecule has 0 aliphatic heterocycles. The minimum Gasteiger partial charge on any atom is -0.465 e. The number of nitrogens with zero attached hydrogens (tertiary/aromatic N) is 2. The van der Waals surface area contributed by atoms with E-state index in [2.05, 4.69) is 9.72 Å². The number of carbonyl (C=O) groups excluding carboxylic acids is 1. The van der Waals surface area contributed by atoms with Crippen LogP contribution >= 0.6 is 0 Å². The Bertz CT molecular complexity index is 407. The van der Waals surface area contributed by atoms with Gasteiger partial charge in [-0.15, -0.1) is 0 Å². The number of rotatable bonds is 4. The first-order valence-corrected chi connectivity index (χ1v) is 4.59. The molecule has 1 rings (SSSR count). The fourth-order valence-electron chi connectivity index (χ4n) is 1.15. The van der Waals surface area contributed by atoms with Gasteiger partial charge in [-0.25, -0.2) is 4.79 Å². The lowest BCUT2D eigenvalue weighted by Crippen LogP contribution is -2.25. The number of esters is 1. The molecule has 0 saturated carbocycles. The maximum absolute atomic E-state index is 11.3. The Balaban J connectivity index is 3.03. The number of ether oxygens (including phenoxy) is 1. The van der Waals surface area contributed by atoms with Crippen molar-refractivity contribution in [1.29, 1.82) is 0 Å². The van der Waals surface area contributed by atoms with Gasteiger partial charge in [-0.1, -0.05) is 0 Å². The van der Waals surface area contributed by atoms with E-state index in [1.54, 1.807) is 6.92 Å². The van der Waals surface area contributed by atoms with Gasteiger partial charge in [0, 0.05) is 12.3 Å². The molecule has 1 aromatic rings. The number of nitrogens with two attached hydrogens (primary N) is 1. The zero-order valence-corrected chi connectivity index (χ0v) is 8.62. The van der Waals surface area contributed by atoms with Crippen LogP contribution in [0.25, 0.3) is 0 Å². The standard InChI is InChI=1S/C9H11N3O4/c1-2-16-9(13)7(10)8-6(12(14)15)4-3-5-11-8/h3-5,7H,2,10H2,1H3. The predicted octanol–water partition coefficient (Wildman–Crippen LogP) is 0.553. The Hall–Kier alpha value is -2.02. The van der Waals surface area contributed by atoms with E-state index < -0.39 is 16.9 Å². The van der Waals surface area contributed by atoms with E-state index in [0.29, 0.717) is 0 Å². The van der Waals surface area contributed by atoms with E-state index in [4.69, 9.17) is 5.73 Å². The number of aromatic nitrogens is 1. The molecule has 0 fully saturated rings. The first kappa shape index (κ1) is 12.1. The molecule has 1 aromatic heterocycles. The zero-order chi connectivity index (χ0) is 12.1. The molecule has 1 unspecified atom stereocenters. The molecular formula is C9H11N3O4. The van der Waals surface area contributed by atoms with Crippen molar-refractivity contribution >= 4 is 11.7 Å². The number of hydrogen-bond donors (Lipinski definition) is 1. The average Bonchev–Trinajstić information content (AvgIpc) is 2.28. The lowest BCUT2D eigenvalue weighted by atomic mass is 10.1. The van der Waals surface area contributed by atoms with Crippen molar-refractivity contribution in [2.24, 2.45) is 5.73 Å². The lowest BCUT2D eigenvalue weighted by Gasteiger charge is -2.09. The number of carbonyl (C=O) groups is 1. The molecule has 0 aliphatic rings. The summed E-state index contributed by atoms with van der Waals surface area (Å²) in [7, 11) is 0. The molecule has 0 saturated heterocycles. The van der Waals surface area contributed by atoms with Crippen LogP contribution in [0.1, 0.15) is 18.7 Å². The Morgan fingerprint density at radius 2 is 2.44 bits per heavy atom. The van der Waals surface area contributed by atoms with Crippen LogP contribution in [0.5, 0.6) is 0 Å². The fourth-order valence-corrected chi connectivity index (χ4v) is 1.15. The summed E-state index contributed by atoms with van der Waals surface area (Å²) in [6, 6.07) is 1.41. The molecule has 86 valence electrons. The quantitative estimate of drug-likeness (QED) is 0.455. The molecule has 0 aromatic carbocycles. The monoisotopic (exact) mass is 225 g/mol. The van der Waals surface area contributed by atoms with Crippen molar-refractivity contribution in [2.45, 2.75) is 13.0 Å². The predicted molar refractivity (Wildman–Crippen MR) is 54.5 cm³/mol. The lowest BCUT2D eigenvalue weighted by molar-refractivity contribution is -0.386. The molecule has 0 bridgehead atoms. The van der Waals surface area contributed by atoms with Gasteiger partial charge in [-0.3, -0.25) is 15.1 Å². The summed E-state index contributed by atoms with van der Waals surface area (Å²) in [5.41, 5.74) is 5.14. The third-order valence-electron chi connectivity index (χ3n) is 1.85. The summed E-state index contributed by atoms with van der Waals surface area (Å²) in [6.07, 6.45) is 1.33. The highest BCUT2D eigenvalue weighted by molar-refractivity contribution is 5.78. The summed E-state index contributed by atoms with van der Waals surface area (Å²) in [6.45, 7) is 1.78. The van der Waals surface area contributed by atoms with Crippen molar-refractivity contribution in [3.05, 3.63) is 34.1 Å². The number of hydrogen-bond acceptors (Lipinski definition) is 6. The molecule has 1 atom stereocenters. The number of nitro groups is 1. The first-order valence-electron chi connectivity index (χ1n) is 4.59. The van der Waals surface area contributed by atoms with Crippen molar-refractivity contribution in [3.63, 3.8) is 0 Å². The van der Waals surface area contributed by atoms with Crippen LogP contribution in [0.3, 0.4) is 0 Å². The highest BCUT2D eigenvalue weighted by Gasteiger charge is 2.26. The summed E-state index contributed by atoms with van der Waals surface area (Å²) in [4.78, 5) is 25.1. The summed E-state index contributed by atoms with van der Waals surface area (Å²) in [5.74, 6) is -0.732. The van der Waals surface area contributed by atoms with Gasteiger partial charge in [0.15, 0.2) is 6.04 Å². The normalized spacial score (nSPS) is 11.9. The molecule has 7 heteroatoms. The largest absolute Gasteiger partial charge is 0.465 e. The van der Waals surface area contributed by atoms with Crippen LogP contribution in [0.4, 0.5) is 5.69 Å². The average molecular weight is 225 g/mol. The van der Waals surface area contributed by atoms with Crippen LogP contribution < -0.4 is 5.73 Å². The van der Waals surface area contributed by atoms with Gasteiger partial charge in [0.25, 0.3) is 5.69 Å². The van der Waals surface area contributed by atoms with Gasteiger partial charge in [0.05, 0.1) is 11.5 Å². The van der Waals surface area contributed by atoms with Crippen LogP contribution in [0.15, 0.2) is 18.3 Å². The first-order chi connectivity index (χ1) is 7.57. The van der Waals surface area contributed by atoms with Gasteiger partial charge in [-0.05, 0) is 13.0 Å². The van der Waals surface area contributed by atoms with E-state index >= 15 is 0 Å². The molecule has 0 amide bonds. The fraction of sp³-hybridized carbons (Fsp3) is 0.333. The third-order valence-corrected chi connectivity index (χ3v) is 1.85. The van der Waals surface area contributed by atoms with E-state index in [-0.39, 0.29) is 18.0 Å². The molecular weight excluding hydrogens is 214 g/mol. The summed E-state index contributed by atoms with van der Waals surface area (Å²) >= 11 is 0. The Morgan fingerprint density at radius 3 is 3.00 bits per heavy atom. The van der Waals surface area contributed by atoms with Crippen molar-refractivity contribution in [3.8, 4) is 0 Å². The minimum atomic E-state index is -1.23. The topological polar surface area (TPSA) is 108 Å². The van der Waals surface area contributed by atoms with Crippen LogP contribution in [0, 0.1) is 10.1 Å². The second-order valence-electron chi connectivity index (χ2n) is 2.89. The van der Waals surface area contributed by atoms with E-state index in [9.17, 15) is 14.9 Å². The smallest absolute Gasteiger partial charge is 0.329 e. The Morgan fingerprint density at radius 1 is 1.75 bits per heavy atom. The molecule has 2 N–H and O–H groups in total. The SMILES string of the molecule is CCOC(=O)C(N)c1ncccc1[N+](=O)[O-]. The van der Waals surface area contributed by atoms with E-state index in [0.717, 1.165) is 0 Å². The molecule has 1 heterocycles.